The minimum Gasteiger partial charge on any atom is -0.494 e. The Morgan fingerprint density at radius 2 is 1.78 bits per heavy atom. The maximum Gasteiger partial charge on any atom is 0.303 e. The van der Waals surface area contributed by atoms with Gasteiger partial charge < -0.3 is 15.2 Å². The minimum absolute atomic E-state index is 0.0953. The number of hydrogen-bond donors (Lipinski definition) is 2. The van der Waals surface area contributed by atoms with E-state index in [1.807, 2.05) is 6.92 Å². The van der Waals surface area contributed by atoms with Crippen LogP contribution in [0.5, 0.6) is 5.75 Å². The highest BCUT2D eigenvalue weighted by molar-refractivity contribution is 8.26. The number of amides is 3. The van der Waals surface area contributed by atoms with Crippen molar-refractivity contribution in [2.75, 3.05) is 29.9 Å². The minimum atomic E-state index is -0.960. The summed E-state index contributed by atoms with van der Waals surface area (Å²) >= 11 is 6.35. The summed E-state index contributed by atoms with van der Waals surface area (Å²) in [6.45, 7) is 2.32. The lowest BCUT2D eigenvalue weighted by atomic mass is 10.1. The summed E-state index contributed by atoms with van der Waals surface area (Å²) < 4.78 is 5.67. The van der Waals surface area contributed by atoms with Crippen molar-refractivity contribution in [3.63, 3.8) is 0 Å². The van der Waals surface area contributed by atoms with Crippen LogP contribution in [-0.2, 0) is 19.2 Å². The van der Waals surface area contributed by atoms with Crippen LogP contribution in [0.2, 0.25) is 0 Å². The van der Waals surface area contributed by atoms with E-state index in [0.29, 0.717) is 29.3 Å². The third kappa shape index (κ3) is 5.26. The van der Waals surface area contributed by atoms with E-state index >= 15 is 0 Å². The average molecular weight is 526 g/mol. The van der Waals surface area contributed by atoms with Crippen LogP contribution < -0.4 is 15.0 Å². The molecule has 2 aliphatic heterocycles. The zero-order valence-corrected chi connectivity index (χ0v) is 21.0. The van der Waals surface area contributed by atoms with E-state index in [2.05, 4.69) is 5.32 Å². The number of carboxylic acids is 1. The molecule has 36 heavy (non-hydrogen) atoms. The van der Waals surface area contributed by atoms with Crippen LogP contribution in [0.25, 0.3) is 5.57 Å². The predicted octanol–water partition coefficient (Wildman–Crippen LogP) is 3.51. The zero-order chi connectivity index (χ0) is 25.8. The Labute approximate surface area is 217 Å². The molecule has 0 aliphatic carbocycles. The van der Waals surface area contributed by atoms with Gasteiger partial charge in [0.05, 0.1) is 22.8 Å². The summed E-state index contributed by atoms with van der Waals surface area (Å²) in [5.41, 5.74) is 1.82. The molecule has 9 nitrogen and oxygen atoms in total. The van der Waals surface area contributed by atoms with Crippen molar-refractivity contribution in [1.29, 1.82) is 0 Å². The summed E-state index contributed by atoms with van der Waals surface area (Å²) in [5, 5.41) is 11.7. The third-order valence-corrected chi connectivity index (χ3v) is 6.97. The molecule has 1 saturated heterocycles. The lowest BCUT2D eigenvalue weighted by Crippen LogP contribution is -2.35. The number of nitrogens with zero attached hydrogens (tertiary/aromatic N) is 2. The van der Waals surface area contributed by atoms with Crippen molar-refractivity contribution in [2.45, 2.75) is 19.8 Å². The van der Waals surface area contributed by atoms with Gasteiger partial charge in [-0.25, -0.2) is 0 Å². The molecule has 186 valence electrons. The number of aliphatic carboxylic acids is 1. The summed E-state index contributed by atoms with van der Waals surface area (Å²) in [6.07, 6.45) is 0.148. The molecule has 3 amide bonds. The average Bonchev–Trinajstić information content (AvgIpc) is 3.27. The maximum atomic E-state index is 13.5. The molecule has 0 saturated carbocycles. The summed E-state index contributed by atoms with van der Waals surface area (Å²) in [4.78, 5) is 53.1. The van der Waals surface area contributed by atoms with Crippen LogP contribution in [0.4, 0.5) is 11.4 Å². The maximum absolute atomic E-state index is 13.5. The van der Waals surface area contributed by atoms with Crippen molar-refractivity contribution in [1.82, 2.24) is 4.90 Å². The van der Waals surface area contributed by atoms with Gasteiger partial charge in [0.25, 0.3) is 11.8 Å². The number of para-hydroxylation sites is 1. The van der Waals surface area contributed by atoms with Crippen LogP contribution in [0.15, 0.2) is 53.4 Å². The molecule has 2 aliphatic rings. The highest BCUT2D eigenvalue weighted by Gasteiger charge is 2.42. The first-order valence-corrected chi connectivity index (χ1v) is 12.5. The lowest BCUT2D eigenvalue weighted by Gasteiger charge is -2.17. The van der Waals surface area contributed by atoms with Gasteiger partial charge in [-0.05, 0) is 43.7 Å². The largest absolute Gasteiger partial charge is 0.494 e. The third-order valence-electron chi connectivity index (χ3n) is 5.52. The topological polar surface area (TPSA) is 116 Å². The van der Waals surface area contributed by atoms with Crippen molar-refractivity contribution < 1.29 is 29.0 Å². The Morgan fingerprint density at radius 3 is 2.47 bits per heavy atom. The first-order valence-electron chi connectivity index (χ1n) is 11.2. The summed E-state index contributed by atoms with van der Waals surface area (Å²) in [5.74, 6) is -1.58. The predicted molar refractivity (Wildman–Crippen MR) is 141 cm³/mol. The van der Waals surface area contributed by atoms with Gasteiger partial charge in [0, 0.05) is 24.2 Å². The molecular formula is C25H23N3O6S2. The second kappa shape index (κ2) is 10.9. The van der Waals surface area contributed by atoms with Gasteiger partial charge in [0.15, 0.2) is 0 Å². The van der Waals surface area contributed by atoms with Gasteiger partial charge in [-0.2, -0.15) is 0 Å². The molecular weight excluding hydrogens is 502 g/mol. The Bertz CT molecular complexity index is 1270. The smallest absolute Gasteiger partial charge is 0.303 e. The first kappa shape index (κ1) is 25.4. The Morgan fingerprint density at radius 1 is 1.06 bits per heavy atom. The van der Waals surface area contributed by atoms with Gasteiger partial charge in [-0.3, -0.25) is 29.0 Å². The molecule has 0 radical (unpaired) electrons. The molecule has 1 fully saturated rings. The summed E-state index contributed by atoms with van der Waals surface area (Å²) in [7, 11) is 0. The van der Waals surface area contributed by atoms with Crippen molar-refractivity contribution in [3.05, 3.63) is 59.0 Å². The standard InChI is InChI=1S/C25H23N3O6S2/c1-2-34-16-11-9-15(10-12-16)26-19(29)14-28-18-7-4-3-6-17(18)21(23(28)32)22-24(33)27(25(35)36-22)13-5-8-20(30)31/h3-4,6-7,9-12H,2,5,8,13-14H2,1H3,(H,26,29)(H,30,31). The zero-order valence-electron chi connectivity index (χ0n) is 19.4. The normalized spacial score (nSPS) is 17.0. The molecule has 2 aromatic rings. The number of fused-ring (bicyclic) bond motifs is 1. The molecule has 0 unspecified atom stereocenters. The van der Waals surface area contributed by atoms with E-state index in [1.165, 1.54) is 9.80 Å². The summed E-state index contributed by atoms with van der Waals surface area (Å²) in [6, 6.07) is 13.9. The van der Waals surface area contributed by atoms with Crippen LogP contribution in [0.1, 0.15) is 25.3 Å². The van der Waals surface area contributed by atoms with Crippen LogP contribution >= 0.6 is 24.0 Å². The number of ether oxygens (including phenoxy) is 1. The fourth-order valence-electron chi connectivity index (χ4n) is 3.93. The number of carboxylic acid groups (broad SMARTS) is 1. The number of nitrogens with one attached hydrogen (secondary N) is 1. The van der Waals surface area contributed by atoms with Gasteiger partial charge in [0.1, 0.15) is 16.6 Å². The van der Waals surface area contributed by atoms with E-state index < -0.39 is 23.7 Å². The molecule has 2 heterocycles. The second-order valence-electron chi connectivity index (χ2n) is 7.94. The van der Waals surface area contributed by atoms with E-state index in [4.69, 9.17) is 22.1 Å². The number of carbonyl (C=O) groups is 4. The fourth-order valence-corrected chi connectivity index (χ4v) is 5.31. The van der Waals surface area contributed by atoms with Crippen LogP contribution in [0.3, 0.4) is 0 Å². The van der Waals surface area contributed by atoms with E-state index in [1.54, 1.807) is 48.5 Å². The van der Waals surface area contributed by atoms with E-state index in [0.717, 1.165) is 11.8 Å². The molecule has 11 heteroatoms. The number of benzene rings is 2. The highest BCUT2D eigenvalue weighted by Crippen LogP contribution is 2.44. The molecule has 0 bridgehead atoms. The lowest BCUT2D eigenvalue weighted by molar-refractivity contribution is -0.137. The number of anilines is 2. The molecule has 0 aromatic heterocycles. The quantitative estimate of drug-likeness (QED) is 0.378. The first-order chi connectivity index (χ1) is 17.3. The van der Waals surface area contributed by atoms with E-state index in [9.17, 15) is 19.2 Å². The molecule has 4 rings (SSSR count). The molecule has 2 aromatic carbocycles. The van der Waals surface area contributed by atoms with E-state index in [-0.39, 0.29) is 40.7 Å². The number of thiocarbonyl (C=S) groups is 1. The van der Waals surface area contributed by atoms with Crippen LogP contribution in [0, 0.1) is 0 Å². The van der Waals surface area contributed by atoms with Crippen molar-refractivity contribution >= 4 is 68.9 Å². The van der Waals surface area contributed by atoms with Crippen LogP contribution in [-0.4, -0.2) is 57.7 Å². The molecule has 0 spiro atoms. The fraction of sp³-hybridized carbons (Fsp3) is 0.240. The SMILES string of the molecule is CCOc1ccc(NC(=O)CN2C(=O)C(=C3SC(=S)N(CCCC(=O)O)C3=O)c3ccccc32)cc1. The molecule has 0 atom stereocenters. The highest BCUT2D eigenvalue weighted by atomic mass is 32.2. The number of thioether (sulfide) groups is 1. The molecule has 2 N–H and O–H groups in total. The monoisotopic (exact) mass is 525 g/mol. The Kier molecular flexibility index (Phi) is 7.70. The number of hydrogen-bond acceptors (Lipinski definition) is 7. The Hall–Kier alpha value is -3.70. The van der Waals surface area contributed by atoms with Crippen molar-refractivity contribution in [2.24, 2.45) is 0 Å². The number of rotatable bonds is 9. The number of carbonyl (C=O) groups excluding carboxylic acids is 3. The van der Waals surface area contributed by atoms with Gasteiger partial charge in [-0.1, -0.05) is 42.2 Å². The Balaban J connectivity index is 1.54. The van der Waals surface area contributed by atoms with Gasteiger partial charge in [-0.15, -0.1) is 0 Å². The second-order valence-corrected chi connectivity index (χ2v) is 9.58. The van der Waals surface area contributed by atoms with Gasteiger partial charge >= 0.3 is 5.97 Å². The van der Waals surface area contributed by atoms with Crippen molar-refractivity contribution in [3.8, 4) is 5.75 Å². The van der Waals surface area contributed by atoms with Gasteiger partial charge in [0.2, 0.25) is 5.91 Å².